The first-order chi connectivity index (χ1) is 11.0. The van der Waals surface area contributed by atoms with Gasteiger partial charge in [-0.15, -0.1) is 0 Å². The summed E-state index contributed by atoms with van der Waals surface area (Å²) in [6.07, 6.45) is 8.84. The predicted octanol–water partition coefficient (Wildman–Crippen LogP) is 6.63. The Morgan fingerprint density at radius 1 is 0.957 bits per heavy atom. The number of hydrogen-bond acceptors (Lipinski definition) is 0. The molecule has 0 aromatic heterocycles. The van der Waals surface area contributed by atoms with E-state index >= 15 is 0 Å². The van der Waals surface area contributed by atoms with E-state index in [2.05, 4.69) is 116 Å². The molecule has 0 aliphatic heterocycles. The van der Waals surface area contributed by atoms with Crippen LogP contribution in [-0.4, -0.2) is 0 Å². The Morgan fingerprint density at radius 3 is 2.35 bits per heavy atom. The lowest BCUT2D eigenvalue weighted by Gasteiger charge is -2.21. The number of rotatable bonds is 2. The number of fused-ring (bicyclic) bond motifs is 1. The van der Waals surface area contributed by atoms with Gasteiger partial charge in [0.05, 0.1) is 0 Å². The molecule has 3 rings (SSSR count). The molecule has 0 heterocycles. The zero-order chi connectivity index (χ0) is 16.4. The van der Waals surface area contributed by atoms with Crippen LogP contribution in [0, 0.1) is 3.57 Å². The maximum absolute atomic E-state index is 2.33. The number of halogens is 1. The lowest BCUT2D eigenvalue weighted by atomic mass is 9.82. The van der Waals surface area contributed by atoms with Crippen LogP contribution in [0.1, 0.15) is 37.5 Å². The molecule has 0 bridgehead atoms. The molecule has 116 valence electrons. The Balaban J connectivity index is 1.99. The van der Waals surface area contributed by atoms with Crippen LogP contribution in [0.5, 0.6) is 0 Å². The third-order valence-electron chi connectivity index (χ3n) is 4.56. The quantitative estimate of drug-likeness (QED) is 0.486. The summed E-state index contributed by atoms with van der Waals surface area (Å²) in [5.74, 6) is 0. The van der Waals surface area contributed by atoms with Gasteiger partial charge in [-0.05, 0) is 69.5 Å². The van der Waals surface area contributed by atoms with Gasteiger partial charge in [-0.1, -0.05) is 74.5 Å². The van der Waals surface area contributed by atoms with Crippen LogP contribution in [0.4, 0.5) is 0 Å². The topological polar surface area (TPSA) is 0 Å². The lowest BCUT2D eigenvalue weighted by Crippen LogP contribution is -2.14. The highest BCUT2D eigenvalue weighted by Crippen LogP contribution is 2.49. The van der Waals surface area contributed by atoms with E-state index in [-0.39, 0.29) is 5.41 Å². The van der Waals surface area contributed by atoms with E-state index in [1.807, 2.05) is 0 Å². The number of hydrogen-bond donors (Lipinski definition) is 0. The lowest BCUT2D eigenvalue weighted by molar-refractivity contribution is 0.659. The zero-order valence-electron chi connectivity index (χ0n) is 13.8. The molecule has 0 unspecified atom stereocenters. The van der Waals surface area contributed by atoms with Crippen molar-refractivity contribution >= 4 is 34.2 Å². The van der Waals surface area contributed by atoms with Crippen molar-refractivity contribution in [2.45, 2.75) is 26.2 Å². The predicted molar refractivity (Wildman–Crippen MR) is 109 cm³/mol. The minimum absolute atomic E-state index is 0.0773. The molecule has 1 heteroatoms. The Labute approximate surface area is 152 Å². The maximum Gasteiger partial charge on any atom is 0.0155 e. The molecule has 1 aliphatic carbocycles. The fourth-order valence-electron chi connectivity index (χ4n) is 3.42. The second-order valence-corrected chi connectivity index (χ2v) is 7.61. The summed E-state index contributed by atoms with van der Waals surface area (Å²) in [7, 11) is 0. The van der Waals surface area contributed by atoms with Gasteiger partial charge < -0.3 is 0 Å². The van der Waals surface area contributed by atoms with Gasteiger partial charge in [-0.3, -0.25) is 0 Å². The minimum atomic E-state index is 0.0773. The third-order valence-corrected chi connectivity index (χ3v) is 5.28. The molecular formula is C22H21I. The van der Waals surface area contributed by atoms with E-state index < -0.39 is 0 Å². The Bertz CT molecular complexity index is 802. The summed E-state index contributed by atoms with van der Waals surface area (Å²) >= 11 is 2.33. The summed E-state index contributed by atoms with van der Waals surface area (Å²) in [6.45, 7) is 6.76. The van der Waals surface area contributed by atoms with Crippen molar-refractivity contribution in [3.05, 3.63) is 92.6 Å². The van der Waals surface area contributed by atoms with Crippen molar-refractivity contribution in [1.82, 2.24) is 0 Å². The van der Waals surface area contributed by atoms with Gasteiger partial charge in [0.15, 0.2) is 0 Å². The second-order valence-electron chi connectivity index (χ2n) is 6.36. The van der Waals surface area contributed by atoms with Gasteiger partial charge in [-0.25, -0.2) is 0 Å². The van der Waals surface area contributed by atoms with Crippen LogP contribution in [0.3, 0.4) is 0 Å². The summed E-state index contributed by atoms with van der Waals surface area (Å²) < 4.78 is 1.26. The van der Waals surface area contributed by atoms with Crippen LogP contribution < -0.4 is 0 Å². The first-order valence-electron chi connectivity index (χ1n) is 7.95. The van der Waals surface area contributed by atoms with Crippen molar-refractivity contribution in [2.75, 3.05) is 0 Å². The number of allylic oxidation sites excluding steroid dienone is 5. The summed E-state index contributed by atoms with van der Waals surface area (Å²) in [6, 6.07) is 17.3. The first-order valence-corrected chi connectivity index (χ1v) is 9.03. The Hall–Kier alpha value is -1.61. The molecule has 0 nitrogen and oxygen atoms in total. The molecule has 0 saturated heterocycles. The molecule has 0 radical (unpaired) electrons. The Kier molecular flexibility index (Phi) is 4.58. The van der Waals surface area contributed by atoms with E-state index in [0.717, 1.165) is 0 Å². The smallest absolute Gasteiger partial charge is 0.0155 e. The van der Waals surface area contributed by atoms with Crippen LogP contribution in [0.25, 0.3) is 11.6 Å². The average Bonchev–Trinajstić information content (AvgIpc) is 2.77. The SMILES string of the molecule is CC=C1/C(=C\C=C\c2ccc(I)cc2)c2ccccc2C1(C)C. The normalized spacial score (nSPS) is 19.7. The molecule has 2 aromatic carbocycles. The van der Waals surface area contributed by atoms with Gasteiger partial charge in [0.2, 0.25) is 0 Å². The van der Waals surface area contributed by atoms with Gasteiger partial charge in [-0.2, -0.15) is 0 Å². The molecule has 0 saturated carbocycles. The molecule has 0 atom stereocenters. The largest absolute Gasteiger partial charge is 0.0829 e. The molecule has 2 aromatic rings. The van der Waals surface area contributed by atoms with Crippen molar-refractivity contribution in [1.29, 1.82) is 0 Å². The van der Waals surface area contributed by atoms with Gasteiger partial charge in [0.1, 0.15) is 0 Å². The summed E-state index contributed by atoms with van der Waals surface area (Å²) in [5.41, 5.74) is 6.84. The third kappa shape index (κ3) is 3.07. The highest BCUT2D eigenvalue weighted by Gasteiger charge is 2.36. The van der Waals surface area contributed by atoms with Crippen molar-refractivity contribution < 1.29 is 0 Å². The van der Waals surface area contributed by atoms with E-state index in [9.17, 15) is 0 Å². The summed E-state index contributed by atoms with van der Waals surface area (Å²) in [4.78, 5) is 0. The van der Waals surface area contributed by atoms with Crippen molar-refractivity contribution in [2.24, 2.45) is 0 Å². The molecule has 0 fully saturated rings. The molecule has 0 spiro atoms. The van der Waals surface area contributed by atoms with E-state index in [1.165, 1.54) is 31.4 Å². The fourth-order valence-corrected chi connectivity index (χ4v) is 3.77. The standard InChI is InChI=1S/C22H21I/c1-4-20-18(10-7-8-16-12-14-17(23)15-13-16)19-9-5-6-11-21(19)22(20,2)3/h4-15H,1-3H3/b8-7+,18-10-,20-4?. The summed E-state index contributed by atoms with van der Waals surface area (Å²) in [5, 5.41) is 0. The van der Waals surface area contributed by atoms with Gasteiger partial charge in [0, 0.05) is 8.99 Å². The highest BCUT2D eigenvalue weighted by molar-refractivity contribution is 14.1. The van der Waals surface area contributed by atoms with Crippen LogP contribution >= 0.6 is 22.6 Å². The van der Waals surface area contributed by atoms with Crippen LogP contribution in [0.2, 0.25) is 0 Å². The molecular weight excluding hydrogens is 391 g/mol. The first kappa shape index (κ1) is 16.3. The van der Waals surface area contributed by atoms with Crippen molar-refractivity contribution in [3.8, 4) is 0 Å². The monoisotopic (exact) mass is 412 g/mol. The van der Waals surface area contributed by atoms with Crippen molar-refractivity contribution in [3.63, 3.8) is 0 Å². The van der Waals surface area contributed by atoms with Crippen LogP contribution in [-0.2, 0) is 5.41 Å². The molecule has 23 heavy (non-hydrogen) atoms. The van der Waals surface area contributed by atoms with E-state index in [1.54, 1.807) is 0 Å². The van der Waals surface area contributed by atoms with E-state index in [4.69, 9.17) is 0 Å². The average molecular weight is 412 g/mol. The second kappa shape index (κ2) is 6.48. The Morgan fingerprint density at radius 2 is 1.65 bits per heavy atom. The zero-order valence-corrected chi connectivity index (χ0v) is 16.0. The van der Waals surface area contributed by atoms with Gasteiger partial charge >= 0.3 is 0 Å². The maximum atomic E-state index is 2.33. The number of benzene rings is 2. The molecule has 0 amide bonds. The van der Waals surface area contributed by atoms with E-state index in [0.29, 0.717) is 0 Å². The minimum Gasteiger partial charge on any atom is -0.0829 e. The molecule has 0 N–H and O–H groups in total. The van der Waals surface area contributed by atoms with Crippen LogP contribution in [0.15, 0.2) is 72.3 Å². The fraction of sp³-hybridized carbons (Fsp3) is 0.182. The molecule has 1 aliphatic rings. The van der Waals surface area contributed by atoms with Gasteiger partial charge in [0.25, 0.3) is 0 Å². The highest BCUT2D eigenvalue weighted by atomic mass is 127.